The highest BCUT2D eigenvalue weighted by Gasteiger charge is 2.39. The first-order chi connectivity index (χ1) is 16.0. The number of amides is 4. The molecule has 0 aliphatic heterocycles. The van der Waals surface area contributed by atoms with E-state index in [1.165, 1.54) is 4.90 Å². The summed E-state index contributed by atoms with van der Waals surface area (Å²) in [4.78, 5) is 53.2. The topological polar surface area (TPSA) is 131 Å². The molecule has 0 radical (unpaired) electrons. The van der Waals surface area contributed by atoms with E-state index in [1.807, 2.05) is 59.7 Å². The molecule has 0 aliphatic rings. The Labute approximate surface area is 209 Å². The Morgan fingerprint density at radius 1 is 1.00 bits per heavy atom. The number of hydrogen-bond acceptors (Lipinski definition) is 5. The van der Waals surface area contributed by atoms with Gasteiger partial charge in [0.1, 0.15) is 17.7 Å². The number of aryl methyl sites for hydroxylation is 2. The number of carbonyl (C=O) groups excluding carboxylic acids is 4. The number of nitrogens with two attached hydrogens (primary N) is 1. The first-order valence-corrected chi connectivity index (χ1v) is 12.0. The van der Waals surface area contributed by atoms with Crippen LogP contribution in [-0.4, -0.2) is 52.4 Å². The fourth-order valence-electron chi connectivity index (χ4n) is 3.80. The number of ether oxygens (including phenoxy) is 1. The summed E-state index contributed by atoms with van der Waals surface area (Å²) in [5, 5.41) is 5.40. The van der Waals surface area contributed by atoms with Crippen molar-refractivity contribution < 1.29 is 23.9 Å². The van der Waals surface area contributed by atoms with Crippen LogP contribution in [0.3, 0.4) is 0 Å². The molecule has 0 bridgehead atoms. The monoisotopic (exact) mass is 490 g/mol. The molecule has 0 saturated heterocycles. The highest BCUT2D eigenvalue weighted by atomic mass is 16.6. The summed E-state index contributed by atoms with van der Waals surface area (Å²) < 4.78 is 5.29. The molecule has 9 nitrogen and oxygen atoms in total. The summed E-state index contributed by atoms with van der Waals surface area (Å²) >= 11 is 0. The van der Waals surface area contributed by atoms with Gasteiger partial charge in [0.15, 0.2) is 0 Å². The molecule has 4 amide bonds. The predicted molar refractivity (Wildman–Crippen MR) is 136 cm³/mol. The van der Waals surface area contributed by atoms with Crippen LogP contribution in [0, 0.1) is 13.8 Å². The number of hydrogen-bond donors (Lipinski definition) is 3. The number of alkyl carbamates (subject to hydrolysis) is 1. The van der Waals surface area contributed by atoms with Gasteiger partial charge in [0.05, 0.1) is 6.42 Å². The molecule has 3 atom stereocenters. The van der Waals surface area contributed by atoms with Crippen molar-refractivity contribution in [2.75, 3.05) is 0 Å². The summed E-state index contributed by atoms with van der Waals surface area (Å²) in [5.41, 5.74) is 7.14. The Kier molecular flexibility index (Phi) is 10.7. The van der Waals surface area contributed by atoms with Crippen LogP contribution in [0.4, 0.5) is 4.79 Å². The van der Waals surface area contributed by atoms with Crippen molar-refractivity contribution in [3.63, 3.8) is 0 Å². The summed E-state index contributed by atoms with van der Waals surface area (Å²) in [6, 6.07) is 2.89. The minimum atomic E-state index is -1.29. The van der Waals surface area contributed by atoms with Crippen molar-refractivity contribution in [2.24, 2.45) is 5.73 Å². The maximum absolute atomic E-state index is 13.9. The minimum Gasteiger partial charge on any atom is -0.444 e. The Morgan fingerprint density at radius 2 is 1.54 bits per heavy atom. The van der Waals surface area contributed by atoms with Gasteiger partial charge >= 0.3 is 6.09 Å². The lowest BCUT2D eigenvalue weighted by Gasteiger charge is -2.38. The quantitative estimate of drug-likeness (QED) is 0.463. The van der Waals surface area contributed by atoms with Crippen LogP contribution in [0.5, 0.6) is 0 Å². The first kappa shape index (κ1) is 29.9. The number of rotatable bonds is 10. The highest BCUT2D eigenvalue weighted by molar-refractivity contribution is 5.94. The molecule has 1 aromatic rings. The summed E-state index contributed by atoms with van der Waals surface area (Å²) in [5.74, 6) is -1.71. The zero-order valence-electron chi connectivity index (χ0n) is 22.5. The van der Waals surface area contributed by atoms with Gasteiger partial charge in [-0.15, -0.1) is 0 Å². The molecule has 0 saturated carbocycles. The Balaban J connectivity index is 3.60. The fourth-order valence-corrected chi connectivity index (χ4v) is 3.80. The summed E-state index contributed by atoms with van der Waals surface area (Å²) in [6.07, 6.45) is -0.746. The maximum Gasteiger partial charge on any atom is 0.408 e. The number of primary amides is 1. The van der Waals surface area contributed by atoms with Crippen LogP contribution in [0.1, 0.15) is 84.0 Å². The Bertz CT molecular complexity index is 903. The van der Waals surface area contributed by atoms with Gasteiger partial charge in [0.2, 0.25) is 17.7 Å². The third-order valence-electron chi connectivity index (χ3n) is 5.23. The van der Waals surface area contributed by atoms with Gasteiger partial charge < -0.3 is 26.0 Å². The summed E-state index contributed by atoms with van der Waals surface area (Å²) in [7, 11) is 0. The molecule has 9 heteroatoms. The van der Waals surface area contributed by atoms with Crippen LogP contribution in [0.15, 0.2) is 18.2 Å². The second-order valence-electron chi connectivity index (χ2n) is 10.4. The molecule has 196 valence electrons. The Hall–Kier alpha value is -3.10. The molecule has 4 N–H and O–H groups in total. The van der Waals surface area contributed by atoms with Crippen molar-refractivity contribution in [1.82, 2.24) is 15.5 Å². The third kappa shape index (κ3) is 9.58. The van der Waals surface area contributed by atoms with E-state index in [2.05, 4.69) is 10.6 Å². The molecule has 0 heterocycles. The second kappa shape index (κ2) is 12.6. The molecule has 0 fully saturated rings. The normalized spacial score (nSPS) is 14.0. The molecular weight excluding hydrogens is 448 g/mol. The van der Waals surface area contributed by atoms with Gasteiger partial charge in [-0.3, -0.25) is 14.4 Å². The molecule has 0 aliphatic carbocycles. The van der Waals surface area contributed by atoms with Crippen LogP contribution < -0.4 is 16.4 Å². The summed E-state index contributed by atoms with van der Waals surface area (Å²) in [6.45, 7) is 16.3. The molecule has 3 unspecified atom stereocenters. The van der Waals surface area contributed by atoms with E-state index in [1.54, 1.807) is 20.8 Å². The van der Waals surface area contributed by atoms with Gasteiger partial charge in [0.25, 0.3) is 0 Å². The Morgan fingerprint density at radius 3 is 1.97 bits per heavy atom. The largest absolute Gasteiger partial charge is 0.444 e. The predicted octanol–water partition coefficient (Wildman–Crippen LogP) is 3.26. The third-order valence-corrected chi connectivity index (χ3v) is 5.23. The lowest BCUT2D eigenvalue weighted by molar-refractivity contribution is -0.146. The van der Waals surface area contributed by atoms with E-state index in [0.29, 0.717) is 12.0 Å². The lowest BCUT2D eigenvalue weighted by Crippen LogP contribution is -2.56. The van der Waals surface area contributed by atoms with Crippen LogP contribution in [0.2, 0.25) is 0 Å². The first-order valence-electron chi connectivity index (χ1n) is 12.0. The fraction of sp³-hybridized carbons (Fsp3) is 0.615. The number of benzene rings is 1. The van der Waals surface area contributed by atoms with E-state index in [4.69, 9.17) is 10.5 Å². The van der Waals surface area contributed by atoms with Crippen molar-refractivity contribution >= 4 is 23.8 Å². The van der Waals surface area contributed by atoms with Crippen LogP contribution >= 0.6 is 0 Å². The zero-order chi connectivity index (χ0) is 27.1. The number of nitrogens with zero attached hydrogens (tertiary/aromatic N) is 1. The van der Waals surface area contributed by atoms with Crippen molar-refractivity contribution in [1.29, 1.82) is 0 Å². The van der Waals surface area contributed by atoms with Crippen molar-refractivity contribution in [3.8, 4) is 0 Å². The molecule has 0 aromatic heterocycles. The van der Waals surface area contributed by atoms with Gasteiger partial charge in [0, 0.05) is 12.1 Å². The van der Waals surface area contributed by atoms with Crippen molar-refractivity contribution in [3.05, 3.63) is 34.9 Å². The van der Waals surface area contributed by atoms with Crippen LogP contribution in [-0.2, 0) is 19.1 Å². The molecular formula is C26H42N4O5. The molecule has 1 rings (SSSR count). The maximum atomic E-state index is 13.9. The highest BCUT2D eigenvalue weighted by Crippen LogP contribution is 2.28. The van der Waals surface area contributed by atoms with Gasteiger partial charge in [-0.1, -0.05) is 36.2 Å². The molecule has 35 heavy (non-hydrogen) atoms. The smallest absolute Gasteiger partial charge is 0.408 e. The van der Waals surface area contributed by atoms with E-state index in [0.717, 1.165) is 11.1 Å². The number of nitrogens with one attached hydrogen (secondary N) is 2. The van der Waals surface area contributed by atoms with Crippen molar-refractivity contribution in [2.45, 2.75) is 105 Å². The van der Waals surface area contributed by atoms with E-state index < -0.39 is 42.0 Å². The average Bonchev–Trinajstić information content (AvgIpc) is 2.67. The zero-order valence-corrected chi connectivity index (χ0v) is 22.5. The number of carbonyl (C=O) groups is 4. The van der Waals surface area contributed by atoms with E-state index in [-0.39, 0.29) is 18.0 Å². The average molecular weight is 491 g/mol. The SMILES string of the molecule is CCC(C)N(C(=O)C(CC(N)=O)NC(=O)OC(C)(C)C)C(C(=O)NC(C)C)c1cc(C)cc(C)c1. The van der Waals surface area contributed by atoms with Gasteiger partial charge in [-0.2, -0.15) is 0 Å². The molecule has 0 spiro atoms. The van der Waals surface area contributed by atoms with Gasteiger partial charge in [-0.05, 0) is 67.4 Å². The lowest BCUT2D eigenvalue weighted by atomic mass is 9.96. The second-order valence-corrected chi connectivity index (χ2v) is 10.4. The van der Waals surface area contributed by atoms with Crippen LogP contribution in [0.25, 0.3) is 0 Å². The minimum absolute atomic E-state index is 0.161. The van der Waals surface area contributed by atoms with E-state index in [9.17, 15) is 19.2 Å². The molecule has 1 aromatic carbocycles. The standard InChI is InChI=1S/C26H42N4O5/c1-10-18(6)30(24(33)20(14-21(27)31)29-25(34)35-26(7,8)9)22(23(32)28-15(2)3)19-12-16(4)11-17(5)13-19/h11-13,15,18,20,22H,10,14H2,1-9H3,(H2,27,31)(H,28,32)(H,29,34). The van der Waals surface area contributed by atoms with Gasteiger partial charge in [-0.25, -0.2) is 4.79 Å². The van der Waals surface area contributed by atoms with E-state index >= 15 is 0 Å².